The van der Waals surface area contributed by atoms with Gasteiger partial charge < -0.3 is 5.11 Å². The Balaban J connectivity index is 3.13. The highest BCUT2D eigenvalue weighted by atomic mass is 32.2. The van der Waals surface area contributed by atoms with Gasteiger partial charge in [-0.1, -0.05) is 6.92 Å². The van der Waals surface area contributed by atoms with Crippen LogP contribution in [-0.4, -0.2) is 25.5 Å². The Morgan fingerprint density at radius 2 is 1.75 bits per heavy atom. The van der Waals surface area contributed by atoms with Crippen molar-refractivity contribution in [3.63, 3.8) is 0 Å². The number of sulfonamides is 1. The van der Waals surface area contributed by atoms with E-state index in [9.17, 15) is 26.4 Å². The van der Waals surface area contributed by atoms with Crippen molar-refractivity contribution < 1.29 is 31.5 Å². The van der Waals surface area contributed by atoms with Gasteiger partial charge in [0.05, 0.1) is 5.92 Å². The molecule has 2 atom stereocenters. The van der Waals surface area contributed by atoms with Crippen molar-refractivity contribution in [3.8, 4) is 0 Å². The molecule has 2 N–H and O–H groups in total. The van der Waals surface area contributed by atoms with E-state index in [0.717, 1.165) is 0 Å². The molecule has 0 aliphatic carbocycles. The molecule has 0 radical (unpaired) electrons. The van der Waals surface area contributed by atoms with Crippen molar-refractivity contribution in [1.82, 2.24) is 4.72 Å². The Hall–Kier alpha value is -1.61. The summed E-state index contributed by atoms with van der Waals surface area (Å²) >= 11 is 0. The van der Waals surface area contributed by atoms with E-state index in [1.807, 2.05) is 4.72 Å². The van der Waals surface area contributed by atoms with E-state index in [1.54, 1.807) is 0 Å². The molecule has 20 heavy (non-hydrogen) atoms. The van der Waals surface area contributed by atoms with E-state index in [4.69, 9.17) is 5.11 Å². The minimum atomic E-state index is -4.50. The molecule has 0 heterocycles. The molecule has 0 spiro atoms. The van der Waals surface area contributed by atoms with Gasteiger partial charge in [0, 0.05) is 6.04 Å². The van der Waals surface area contributed by atoms with Crippen molar-refractivity contribution in [2.75, 3.05) is 0 Å². The number of benzene rings is 1. The molecule has 9 heteroatoms. The Morgan fingerprint density at radius 3 is 2.25 bits per heavy atom. The molecule has 112 valence electrons. The molecule has 1 aromatic rings. The van der Waals surface area contributed by atoms with Gasteiger partial charge in [-0.2, -0.15) is 0 Å². The Kier molecular flexibility index (Phi) is 4.77. The van der Waals surface area contributed by atoms with Crippen molar-refractivity contribution in [2.24, 2.45) is 5.92 Å². The third-order valence-corrected chi connectivity index (χ3v) is 4.35. The number of carboxylic acids is 1. The molecule has 0 amide bonds. The summed E-state index contributed by atoms with van der Waals surface area (Å²) in [7, 11) is -4.50. The second-order valence-electron chi connectivity index (χ2n) is 4.21. The number of rotatable bonds is 5. The second kappa shape index (κ2) is 5.80. The standard InChI is InChI=1S/C11H12F3NO4S/c1-5(11(16)17)6(2)15-20(18,19)8-4-3-7(12)9(13)10(8)14/h3-6,15H,1-2H3,(H,16,17). The Labute approximate surface area is 113 Å². The van der Waals surface area contributed by atoms with Crippen molar-refractivity contribution in [3.05, 3.63) is 29.6 Å². The highest BCUT2D eigenvalue weighted by Gasteiger charge is 2.29. The third kappa shape index (κ3) is 3.28. The van der Waals surface area contributed by atoms with E-state index in [2.05, 4.69) is 0 Å². The fraction of sp³-hybridized carbons (Fsp3) is 0.364. The van der Waals surface area contributed by atoms with Crippen LogP contribution in [0.2, 0.25) is 0 Å². The molecule has 0 aliphatic heterocycles. The topological polar surface area (TPSA) is 83.5 Å². The summed E-state index contributed by atoms with van der Waals surface area (Å²) in [4.78, 5) is 9.63. The number of carboxylic acid groups (broad SMARTS) is 1. The molecule has 0 aliphatic rings. The van der Waals surface area contributed by atoms with Crippen LogP contribution in [-0.2, 0) is 14.8 Å². The first-order valence-corrected chi connectivity index (χ1v) is 6.95. The van der Waals surface area contributed by atoms with Crippen LogP contribution in [0, 0.1) is 23.4 Å². The Bertz CT molecular complexity index is 633. The van der Waals surface area contributed by atoms with Gasteiger partial charge in [-0.05, 0) is 19.1 Å². The molecular formula is C11H12F3NO4S. The molecule has 0 saturated heterocycles. The summed E-state index contributed by atoms with van der Waals surface area (Å²) in [6.07, 6.45) is 0. The smallest absolute Gasteiger partial charge is 0.307 e. The van der Waals surface area contributed by atoms with Crippen LogP contribution in [0.5, 0.6) is 0 Å². The molecule has 5 nitrogen and oxygen atoms in total. The lowest BCUT2D eigenvalue weighted by Gasteiger charge is -2.18. The summed E-state index contributed by atoms with van der Waals surface area (Å²) < 4.78 is 64.7. The Morgan fingerprint density at radius 1 is 1.20 bits per heavy atom. The first-order valence-electron chi connectivity index (χ1n) is 5.46. The second-order valence-corrected chi connectivity index (χ2v) is 5.89. The average molecular weight is 311 g/mol. The van der Waals surface area contributed by atoms with Crippen LogP contribution in [0.4, 0.5) is 13.2 Å². The number of hydrogen-bond acceptors (Lipinski definition) is 3. The average Bonchev–Trinajstić information content (AvgIpc) is 2.33. The van der Waals surface area contributed by atoms with Gasteiger partial charge in [-0.15, -0.1) is 0 Å². The minimum Gasteiger partial charge on any atom is -0.481 e. The summed E-state index contributed by atoms with van der Waals surface area (Å²) in [5.74, 6) is -7.63. The van der Waals surface area contributed by atoms with E-state index in [1.165, 1.54) is 13.8 Å². The molecule has 2 unspecified atom stereocenters. The maximum atomic E-state index is 13.4. The normalized spacial score (nSPS) is 14.8. The number of carbonyl (C=O) groups is 1. The first kappa shape index (κ1) is 16.4. The highest BCUT2D eigenvalue weighted by molar-refractivity contribution is 7.89. The number of hydrogen-bond donors (Lipinski definition) is 2. The zero-order chi connectivity index (χ0) is 15.7. The van der Waals surface area contributed by atoms with Gasteiger partial charge in [0.1, 0.15) is 4.90 Å². The zero-order valence-corrected chi connectivity index (χ0v) is 11.3. The van der Waals surface area contributed by atoms with Gasteiger partial charge in [0.2, 0.25) is 10.0 Å². The molecule has 0 bridgehead atoms. The maximum Gasteiger partial charge on any atom is 0.307 e. The van der Waals surface area contributed by atoms with Gasteiger partial charge in [0.15, 0.2) is 17.5 Å². The van der Waals surface area contributed by atoms with Crippen LogP contribution in [0.1, 0.15) is 13.8 Å². The van der Waals surface area contributed by atoms with Gasteiger partial charge in [0.25, 0.3) is 0 Å². The van der Waals surface area contributed by atoms with Gasteiger partial charge in [-0.3, -0.25) is 4.79 Å². The lowest BCUT2D eigenvalue weighted by atomic mass is 10.1. The maximum absolute atomic E-state index is 13.4. The lowest BCUT2D eigenvalue weighted by Crippen LogP contribution is -2.40. The number of nitrogens with one attached hydrogen (secondary N) is 1. The fourth-order valence-electron chi connectivity index (χ4n) is 1.34. The van der Waals surface area contributed by atoms with Crippen molar-refractivity contribution >= 4 is 16.0 Å². The van der Waals surface area contributed by atoms with E-state index >= 15 is 0 Å². The molecular weight excluding hydrogens is 299 g/mol. The van der Waals surface area contributed by atoms with Crippen molar-refractivity contribution in [1.29, 1.82) is 0 Å². The van der Waals surface area contributed by atoms with Crippen LogP contribution in [0.15, 0.2) is 17.0 Å². The predicted octanol–water partition coefficient (Wildman–Crippen LogP) is 1.49. The summed E-state index contributed by atoms with van der Waals surface area (Å²) in [5.41, 5.74) is 0. The number of aliphatic carboxylic acids is 1. The molecule has 1 rings (SSSR count). The van der Waals surface area contributed by atoms with Crippen LogP contribution in [0.3, 0.4) is 0 Å². The fourth-order valence-corrected chi connectivity index (χ4v) is 2.73. The monoisotopic (exact) mass is 311 g/mol. The first-order chi connectivity index (χ1) is 9.08. The molecule has 0 aromatic heterocycles. The lowest BCUT2D eigenvalue weighted by molar-refractivity contribution is -0.141. The molecule has 1 aromatic carbocycles. The SMILES string of the molecule is CC(NS(=O)(=O)c1ccc(F)c(F)c1F)C(C)C(=O)O. The quantitative estimate of drug-likeness (QED) is 0.807. The predicted molar refractivity (Wildman–Crippen MR) is 62.9 cm³/mol. The summed E-state index contributed by atoms with van der Waals surface area (Å²) in [6.45, 7) is 2.51. The summed E-state index contributed by atoms with van der Waals surface area (Å²) in [6, 6.07) is -0.0306. The van der Waals surface area contributed by atoms with Crippen LogP contribution in [0.25, 0.3) is 0 Å². The minimum absolute atomic E-state index is 0.471. The molecule has 0 fully saturated rings. The largest absolute Gasteiger partial charge is 0.481 e. The third-order valence-electron chi connectivity index (χ3n) is 2.77. The van der Waals surface area contributed by atoms with Gasteiger partial charge >= 0.3 is 5.97 Å². The van der Waals surface area contributed by atoms with Crippen LogP contribution < -0.4 is 4.72 Å². The van der Waals surface area contributed by atoms with Gasteiger partial charge in [-0.25, -0.2) is 26.3 Å². The zero-order valence-electron chi connectivity index (χ0n) is 10.5. The highest BCUT2D eigenvalue weighted by Crippen LogP contribution is 2.20. The number of halogens is 3. The van der Waals surface area contributed by atoms with Crippen molar-refractivity contribution in [2.45, 2.75) is 24.8 Å². The summed E-state index contributed by atoms with van der Waals surface area (Å²) in [5, 5.41) is 8.74. The van der Waals surface area contributed by atoms with Crippen LogP contribution >= 0.6 is 0 Å². The van der Waals surface area contributed by atoms with E-state index in [0.29, 0.717) is 12.1 Å². The van der Waals surface area contributed by atoms with E-state index in [-0.39, 0.29) is 0 Å². The van der Waals surface area contributed by atoms with E-state index < -0.39 is 50.3 Å². The molecule has 0 saturated carbocycles.